The molecule has 6 heteroatoms. The molecule has 0 unspecified atom stereocenters. The van der Waals surface area contributed by atoms with E-state index in [-0.39, 0.29) is 23.3 Å². The molecule has 1 atom stereocenters. The van der Waals surface area contributed by atoms with Crippen LogP contribution in [-0.4, -0.2) is 47.3 Å². The molecule has 0 aromatic heterocycles. The zero-order chi connectivity index (χ0) is 17.9. The normalized spacial score (nSPS) is 12.1. The highest BCUT2D eigenvalue weighted by molar-refractivity contribution is 6.33. The van der Waals surface area contributed by atoms with Gasteiger partial charge in [0.05, 0.1) is 17.7 Å². The highest BCUT2D eigenvalue weighted by Gasteiger charge is 2.16. The molecule has 4 nitrogen and oxygen atoms in total. The van der Waals surface area contributed by atoms with Crippen LogP contribution in [0, 0.1) is 12.7 Å². The van der Waals surface area contributed by atoms with Crippen LogP contribution < -0.4 is 0 Å². The highest BCUT2D eigenvalue weighted by Crippen LogP contribution is 2.31. The topological polar surface area (TPSA) is 60.8 Å². The van der Waals surface area contributed by atoms with Gasteiger partial charge in [0, 0.05) is 24.7 Å². The first kappa shape index (κ1) is 18.4. The summed E-state index contributed by atoms with van der Waals surface area (Å²) in [5.74, 6) is -0.673. The van der Waals surface area contributed by atoms with Crippen LogP contribution in [-0.2, 0) is 0 Å². The van der Waals surface area contributed by atoms with Gasteiger partial charge in [-0.1, -0.05) is 23.7 Å². The Morgan fingerprint density at radius 3 is 2.71 bits per heavy atom. The predicted octanol–water partition coefficient (Wildman–Crippen LogP) is 2.88. The number of carbonyl (C=O) groups is 1. The number of rotatable bonds is 5. The van der Waals surface area contributed by atoms with Crippen molar-refractivity contribution in [2.75, 3.05) is 20.2 Å². The summed E-state index contributed by atoms with van der Waals surface area (Å²) >= 11 is 6.12. The van der Waals surface area contributed by atoms with E-state index < -0.39 is 12.7 Å². The molecule has 0 saturated heterocycles. The minimum Gasteiger partial charge on any atom is -0.394 e. The fraction of sp³-hybridized carbons (Fsp3) is 0.278. The second kappa shape index (κ2) is 7.75. The summed E-state index contributed by atoms with van der Waals surface area (Å²) in [5, 5.41) is 18.6. The summed E-state index contributed by atoms with van der Waals surface area (Å²) in [4.78, 5) is 13.8. The molecule has 128 valence electrons. The molecule has 0 heterocycles. The lowest BCUT2D eigenvalue weighted by Gasteiger charge is -2.20. The first-order valence-corrected chi connectivity index (χ1v) is 7.81. The fourth-order valence-corrected chi connectivity index (χ4v) is 2.63. The number of carbonyl (C=O) groups excluding carboxylic acids is 1. The van der Waals surface area contributed by atoms with Crippen LogP contribution in [0.25, 0.3) is 11.1 Å². The van der Waals surface area contributed by atoms with E-state index in [0.29, 0.717) is 22.3 Å². The van der Waals surface area contributed by atoms with E-state index in [0.717, 1.165) is 0 Å². The van der Waals surface area contributed by atoms with Crippen molar-refractivity contribution in [1.29, 1.82) is 0 Å². The van der Waals surface area contributed by atoms with E-state index in [1.807, 2.05) is 0 Å². The van der Waals surface area contributed by atoms with Crippen LogP contribution in [0.2, 0.25) is 5.02 Å². The molecule has 0 spiro atoms. The van der Waals surface area contributed by atoms with Crippen LogP contribution in [0.5, 0.6) is 0 Å². The molecule has 0 aliphatic heterocycles. The lowest BCUT2D eigenvalue weighted by Crippen LogP contribution is -2.35. The minimum atomic E-state index is -0.990. The molecule has 0 radical (unpaired) electrons. The number of aliphatic hydroxyl groups is 2. The van der Waals surface area contributed by atoms with Crippen molar-refractivity contribution in [3.05, 3.63) is 58.4 Å². The van der Waals surface area contributed by atoms with Gasteiger partial charge in [0.1, 0.15) is 5.82 Å². The standard InChI is InChI=1S/C18H19ClFNO3/c1-11-6-15(16(19)8-17(11)20)12-4-3-5-13(7-12)18(24)21(2)9-14(23)10-22/h3-8,14,22-23H,9-10H2,1-2H3/t14-/m1/s1. The molecule has 24 heavy (non-hydrogen) atoms. The van der Waals surface area contributed by atoms with E-state index in [1.54, 1.807) is 44.3 Å². The quantitative estimate of drug-likeness (QED) is 0.870. The minimum absolute atomic E-state index is 0.0238. The molecule has 0 aliphatic rings. The summed E-state index contributed by atoms with van der Waals surface area (Å²) in [6.45, 7) is 1.26. The Hall–Kier alpha value is -1.95. The summed E-state index contributed by atoms with van der Waals surface area (Å²) in [7, 11) is 1.54. The van der Waals surface area contributed by atoms with E-state index >= 15 is 0 Å². The van der Waals surface area contributed by atoms with Crippen molar-refractivity contribution in [3.8, 4) is 11.1 Å². The molecule has 2 rings (SSSR count). The molecular formula is C18H19ClFNO3. The van der Waals surface area contributed by atoms with Gasteiger partial charge in [-0.25, -0.2) is 4.39 Å². The number of likely N-dealkylation sites (N-methyl/N-ethyl adjacent to an activating group) is 1. The van der Waals surface area contributed by atoms with Crippen molar-refractivity contribution in [1.82, 2.24) is 4.90 Å². The summed E-state index contributed by atoms with van der Waals surface area (Å²) < 4.78 is 13.6. The third-order valence-electron chi connectivity index (χ3n) is 3.71. The van der Waals surface area contributed by atoms with Crippen LogP contribution in [0.1, 0.15) is 15.9 Å². The van der Waals surface area contributed by atoms with Crippen LogP contribution in [0.3, 0.4) is 0 Å². The molecule has 2 N–H and O–H groups in total. The first-order valence-electron chi connectivity index (χ1n) is 7.44. The van der Waals surface area contributed by atoms with E-state index in [9.17, 15) is 14.3 Å². The Morgan fingerprint density at radius 1 is 1.33 bits per heavy atom. The van der Waals surface area contributed by atoms with Crippen molar-refractivity contribution in [2.24, 2.45) is 0 Å². The van der Waals surface area contributed by atoms with Crippen LogP contribution in [0.15, 0.2) is 36.4 Å². The average Bonchev–Trinajstić information content (AvgIpc) is 2.57. The Labute approximate surface area is 145 Å². The zero-order valence-corrected chi connectivity index (χ0v) is 14.2. The number of halogens is 2. The molecule has 0 aliphatic carbocycles. The summed E-state index contributed by atoms with van der Waals surface area (Å²) in [6.07, 6.45) is -0.990. The third kappa shape index (κ3) is 4.12. The van der Waals surface area contributed by atoms with Gasteiger partial charge in [0.25, 0.3) is 5.91 Å². The molecule has 2 aromatic carbocycles. The maximum atomic E-state index is 13.6. The fourth-order valence-electron chi connectivity index (χ4n) is 2.38. The number of amides is 1. The van der Waals surface area contributed by atoms with Gasteiger partial charge in [-0.15, -0.1) is 0 Å². The molecule has 0 fully saturated rings. The SMILES string of the molecule is Cc1cc(-c2cccc(C(=O)N(C)C[C@@H](O)CO)c2)c(Cl)cc1F. The van der Waals surface area contributed by atoms with Gasteiger partial charge in [0.2, 0.25) is 0 Å². The third-order valence-corrected chi connectivity index (χ3v) is 4.02. The molecule has 0 saturated carbocycles. The number of benzene rings is 2. The monoisotopic (exact) mass is 351 g/mol. The summed E-state index contributed by atoms with van der Waals surface area (Å²) in [6, 6.07) is 9.72. The van der Waals surface area contributed by atoms with Gasteiger partial charge in [-0.05, 0) is 42.3 Å². The second-order valence-electron chi connectivity index (χ2n) is 5.68. The van der Waals surface area contributed by atoms with Crippen molar-refractivity contribution >= 4 is 17.5 Å². The Bertz CT molecular complexity index is 751. The van der Waals surface area contributed by atoms with Gasteiger partial charge >= 0.3 is 0 Å². The molecule has 2 aromatic rings. The average molecular weight is 352 g/mol. The Morgan fingerprint density at radius 2 is 2.04 bits per heavy atom. The number of nitrogens with zero attached hydrogens (tertiary/aromatic N) is 1. The van der Waals surface area contributed by atoms with Crippen molar-refractivity contribution in [3.63, 3.8) is 0 Å². The highest BCUT2D eigenvalue weighted by atomic mass is 35.5. The molecule has 0 bridgehead atoms. The van der Waals surface area contributed by atoms with Crippen LogP contribution in [0.4, 0.5) is 4.39 Å². The van der Waals surface area contributed by atoms with E-state index in [2.05, 4.69) is 0 Å². The largest absolute Gasteiger partial charge is 0.394 e. The van der Waals surface area contributed by atoms with Crippen molar-refractivity contribution < 1.29 is 19.4 Å². The molecular weight excluding hydrogens is 333 g/mol. The first-order chi connectivity index (χ1) is 11.3. The number of hydrogen-bond acceptors (Lipinski definition) is 3. The lowest BCUT2D eigenvalue weighted by molar-refractivity contribution is 0.0520. The van der Waals surface area contributed by atoms with Gasteiger partial charge < -0.3 is 15.1 Å². The second-order valence-corrected chi connectivity index (χ2v) is 6.09. The maximum Gasteiger partial charge on any atom is 0.253 e. The predicted molar refractivity (Wildman–Crippen MR) is 91.6 cm³/mol. The lowest BCUT2D eigenvalue weighted by atomic mass is 10.0. The van der Waals surface area contributed by atoms with Crippen LogP contribution >= 0.6 is 11.6 Å². The Balaban J connectivity index is 2.32. The van der Waals surface area contributed by atoms with E-state index in [4.69, 9.17) is 16.7 Å². The summed E-state index contributed by atoms with van der Waals surface area (Å²) in [5.41, 5.74) is 2.22. The number of hydrogen-bond donors (Lipinski definition) is 2. The number of aliphatic hydroxyl groups excluding tert-OH is 2. The van der Waals surface area contributed by atoms with E-state index in [1.165, 1.54) is 11.0 Å². The zero-order valence-electron chi connectivity index (χ0n) is 13.5. The van der Waals surface area contributed by atoms with Gasteiger partial charge in [-0.2, -0.15) is 0 Å². The smallest absolute Gasteiger partial charge is 0.253 e. The van der Waals surface area contributed by atoms with Gasteiger partial charge in [-0.3, -0.25) is 4.79 Å². The van der Waals surface area contributed by atoms with Crippen molar-refractivity contribution in [2.45, 2.75) is 13.0 Å². The number of aryl methyl sites for hydroxylation is 1. The maximum absolute atomic E-state index is 13.6. The Kier molecular flexibility index (Phi) is 5.94. The molecule has 1 amide bonds. The van der Waals surface area contributed by atoms with Gasteiger partial charge in [0.15, 0.2) is 0 Å².